The largest absolute Gasteiger partial charge is 0.478 e. The minimum Gasteiger partial charge on any atom is -0.478 e. The molecule has 2 nitrogen and oxygen atoms in total. The highest BCUT2D eigenvalue weighted by molar-refractivity contribution is 5.79. The molecule has 4 aliphatic carbocycles. The van der Waals surface area contributed by atoms with E-state index in [4.69, 9.17) is 5.11 Å². The van der Waals surface area contributed by atoms with Crippen LogP contribution in [0.2, 0.25) is 0 Å². The molecule has 4 saturated carbocycles. The quantitative estimate of drug-likeness (QED) is 0.631. The molecule has 0 aliphatic heterocycles. The summed E-state index contributed by atoms with van der Waals surface area (Å²) < 4.78 is 0. The normalized spacial score (nSPS) is 49.4. The zero-order chi connectivity index (χ0) is 17.7. The van der Waals surface area contributed by atoms with Crippen molar-refractivity contribution in [3.05, 3.63) is 12.2 Å². The maximum Gasteiger partial charge on any atom is 0.327 e. The van der Waals surface area contributed by atoms with Gasteiger partial charge in [-0.1, -0.05) is 32.8 Å². The van der Waals surface area contributed by atoms with Gasteiger partial charge in [0, 0.05) is 6.08 Å². The van der Waals surface area contributed by atoms with E-state index in [1.165, 1.54) is 70.3 Å². The molecule has 140 valence electrons. The molecule has 7 atom stereocenters. The SMILES string of the molecule is CC12CCC3C(CCC4CCCCC43C)C1CCC2C/C=C/C(=O)O. The molecule has 4 rings (SSSR count). The van der Waals surface area contributed by atoms with Gasteiger partial charge in [0.05, 0.1) is 0 Å². The summed E-state index contributed by atoms with van der Waals surface area (Å²) in [6.07, 6.45) is 18.6. The predicted octanol–water partition coefficient (Wildman–Crippen LogP) is 6.07. The Bertz CT molecular complexity index is 552. The molecule has 0 aromatic heterocycles. The van der Waals surface area contributed by atoms with E-state index < -0.39 is 5.97 Å². The lowest BCUT2D eigenvalue weighted by Crippen LogP contribution is -2.52. The maximum absolute atomic E-state index is 10.8. The number of aliphatic carboxylic acids is 1. The fourth-order valence-corrected chi connectivity index (χ4v) is 8.12. The van der Waals surface area contributed by atoms with E-state index in [2.05, 4.69) is 13.8 Å². The first-order chi connectivity index (χ1) is 11.9. The van der Waals surface area contributed by atoms with Crippen LogP contribution in [0.15, 0.2) is 12.2 Å². The smallest absolute Gasteiger partial charge is 0.327 e. The van der Waals surface area contributed by atoms with Crippen LogP contribution in [-0.4, -0.2) is 11.1 Å². The fourth-order valence-electron chi connectivity index (χ4n) is 8.12. The first-order valence-electron chi connectivity index (χ1n) is 10.8. The van der Waals surface area contributed by atoms with Crippen molar-refractivity contribution in [2.75, 3.05) is 0 Å². The van der Waals surface area contributed by atoms with Gasteiger partial charge in [-0.15, -0.1) is 0 Å². The number of carbonyl (C=O) groups is 1. The number of carboxylic acid groups (broad SMARTS) is 1. The molecule has 7 unspecified atom stereocenters. The summed E-state index contributed by atoms with van der Waals surface area (Å²) in [4.78, 5) is 10.8. The van der Waals surface area contributed by atoms with Crippen molar-refractivity contribution in [2.45, 2.75) is 84.5 Å². The number of fused-ring (bicyclic) bond motifs is 5. The monoisotopic (exact) mass is 344 g/mol. The Kier molecular flexibility index (Phi) is 4.53. The number of allylic oxidation sites excluding steroid dienone is 1. The second-order valence-corrected chi connectivity index (χ2v) is 10.2. The van der Waals surface area contributed by atoms with Crippen molar-refractivity contribution in [3.63, 3.8) is 0 Å². The minimum atomic E-state index is -0.799. The Morgan fingerprint density at radius 1 is 0.960 bits per heavy atom. The maximum atomic E-state index is 10.8. The van der Waals surface area contributed by atoms with E-state index in [9.17, 15) is 4.79 Å². The van der Waals surface area contributed by atoms with Crippen LogP contribution in [0.4, 0.5) is 0 Å². The molecule has 4 fully saturated rings. The van der Waals surface area contributed by atoms with Gasteiger partial charge in [-0.3, -0.25) is 0 Å². The molecule has 2 heteroatoms. The van der Waals surface area contributed by atoms with Gasteiger partial charge in [0.25, 0.3) is 0 Å². The zero-order valence-electron chi connectivity index (χ0n) is 16.2. The average Bonchev–Trinajstić information content (AvgIpc) is 2.91. The molecule has 4 aliphatic rings. The first kappa shape index (κ1) is 17.6. The van der Waals surface area contributed by atoms with Gasteiger partial charge in [0.15, 0.2) is 0 Å². The standard InChI is InChI=1S/C23H36O2/c1-22-14-4-3-6-16(22)9-11-18-19-12-10-17(7-5-8-21(24)25)23(19,2)15-13-20(18)22/h5,8,16-20H,3-4,6-7,9-15H2,1-2H3,(H,24,25)/b8-5+. The Balaban J connectivity index is 1.52. The molecular formula is C23H36O2. The number of rotatable bonds is 3. The highest BCUT2D eigenvalue weighted by Crippen LogP contribution is 2.67. The third kappa shape index (κ3) is 2.79. The van der Waals surface area contributed by atoms with Gasteiger partial charge >= 0.3 is 5.97 Å². The van der Waals surface area contributed by atoms with E-state index in [0.29, 0.717) is 16.7 Å². The summed E-state index contributed by atoms with van der Waals surface area (Å²) >= 11 is 0. The van der Waals surface area contributed by atoms with Crippen LogP contribution in [0.5, 0.6) is 0 Å². The van der Waals surface area contributed by atoms with Crippen molar-refractivity contribution in [2.24, 2.45) is 40.4 Å². The summed E-state index contributed by atoms with van der Waals surface area (Å²) in [5, 5.41) is 8.89. The second kappa shape index (κ2) is 6.43. The molecule has 0 saturated heterocycles. The Hall–Kier alpha value is -0.790. The number of hydrogen-bond donors (Lipinski definition) is 1. The van der Waals surface area contributed by atoms with Crippen LogP contribution >= 0.6 is 0 Å². The van der Waals surface area contributed by atoms with Gasteiger partial charge in [-0.2, -0.15) is 0 Å². The van der Waals surface area contributed by atoms with Crippen molar-refractivity contribution >= 4 is 5.97 Å². The summed E-state index contributed by atoms with van der Waals surface area (Å²) in [6, 6.07) is 0. The van der Waals surface area contributed by atoms with E-state index in [1.807, 2.05) is 6.08 Å². The van der Waals surface area contributed by atoms with E-state index >= 15 is 0 Å². The fraction of sp³-hybridized carbons (Fsp3) is 0.870. The molecule has 0 radical (unpaired) electrons. The summed E-state index contributed by atoms with van der Waals surface area (Å²) in [5.41, 5.74) is 1.09. The topological polar surface area (TPSA) is 37.3 Å². The van der Waals surface area contributed by atoms with Gasteiger partial charge < -0.3 is 5.11 Å². The molecule has 0 aromatic carbocycles. The molecule has 0 aromatic rings. The summed E-state index contributed by atoms with van der Waals surface area (Å²) in [7, 11) is 0. The van der Waals surface area contributed by atoms with Crippen LogP contribution in [0.3, 0.4) is 0 Å². The predicted molar refractivity (Wildman–Crippen MR) is 101 cm³/mol. The molecule has 0 amide bonds. The van der Waals surface area contributed by atoms with E-state index in [0.717, 1.165) is 30.1 Å². The van der Waals surface area contributed by atoms with Gasteiger partial charge in [-0.25, -0.2) is 4.79 Å². The number of hydrogen-bond acceptors (Lipinski definition) is 1. The number of carboxylic acids is 1. The zero-order valence-corrected chi connectivity index (χ0v) is 16.2. The first-order valence-corrected chi connectivity index (χ1v) is 10.8. The van der Waals surface area contributed by atoms with Crippen LogP contribution < -0.4 is 0 Å². The molecule has 0 bridgehead atoms. The van der Waals surface area contributed by atoms with Gasteiger partial charge in [-0.05, 0) is 98.2 Å². The molecule has 0 spiro atoms. The Morgan fingerprint density at radius 3 is 2.56 bits per heavy atom. The molecular weight excluding hydrogens is 308 g/mol. The van der Waals surface area contributed by atoms with Crippen LogP contribution in [0, 0.1) is 40.4 Å². The molecule has 1 N–H and O–H groups in total. The minimum absolute atomic E-state index is 0.460. The van der Waals surface area contributed by atoms with Crippen molar-refractivity contribution in [3.8, 4) is 0 Å². The van der Waals surface area contributed by atoms with Crippen LogP contribution in [-0.2, 0) is 4.79 Å². The Morgan fingerprint density at radius 2 is 1.76 bits per heavy atom. The lowest BCUT2D eigenvalue weighted by molar-refractivity contribution is -0.131. The lowest BCUT2D eigenvalue weighted by Gasteiger charge is -2.60. The average molecular weight is 345 g/mol. The highest BCUT2D eigenvalue weighted by Gasteiger charge is 2.59. The molecule has 25 heavy (non-hydrogen) atoms. The third-order valence-corrected chi connectivity index (χ3v) is 9.46. The van der Waals surface area contributed by atoms with E-state index in [-0.39, 0.29) is 0 Å². The third-order valence-electron chi connectivity index (χ3n) is 9.46. The lowest BCUT2D eigenvalue weighted by atomic mass is 9.45. The Labute approximate surface area is 153 Å². The second-order valence-electron chi connectivity index (χ2n) is 10.2. The van der Waals surface area contributed by atoms with E-state index in [1.54, 1.807) is 0 Å². The van der Waals surface area contributed by atoms with Crippen LogP contribution in [0.25, 0.3) is 0 Å². The van der Waals surface area contributed by atoms with Crippen molar-refractivity contribution < 1.29 is 9.90 Å². The van der Waals surface area contributed by atoms with Crippen molar-refractivity contribution in [1.29, 1.82) is 0 Å². The highest BCUT2D eigenvalue weighted by atomic mass is 16.4. The molecule has 0 heterocycles. The van der Waals surface area contributed by atoms with Gasteiger partial charge in [0.2, 0.25) is 0 Å². The van der Waals surface area contributed by atoms with Gasteiger partial charge in [0.1, 0.15) is 0 Å². The summed E-state index contributed by atoms with van der Waals surface area (Å²) in [6.45, 7) is 5.20. The van der Waals surface area contributed by atoms with Crippen LogP contribution in [0.1, 0.15) is 84.5 Å². The summed E-state index contributed by atoms with van der Waals surface area (Å²) in [5.74, 6) is 3.72. The van der Waals surface area contributed by atoms with Crippen molar-refractivity contribution in [1.82, 2.24) is 0 Å².